The topological polar surface area (TPSA) is 70.6 Å². The molecule has 1 atom stereocenters. The summed E-state index contributed by atoms with van der Waals surface area (Å²) in [5, 5.41) is 15.6. The summed E-state index contributed by atoms with van der Waals surface area (Å²) >= 11 is 0. The molecule has 2 rings (SSSR count). The van der Waals surface area contributed by atoms with Crippen molar-refractivity contribution in [1.29, 1.82) is 0 Å². The number of ether oxygens (including phenoxy) is 1. The van der Waals surface area contributed by atoms with Gasteiger partial charge in [-0.2, -0.15) is 0 Å². The molecule has 0 aliphatic rings. The van der Waals surface area contributed by atoms with Gasteiger partial charge in [-0.1, -0.05) is 18.2 Å². The maximum Gasteiger partial charge on any atom is 0.239 e. The number of hydrogen-bond acceptors (Lipinski definition) is 4. The molecule has 2 aromatic carbocycles. The van der Waals surface area contributed by atoms with E-state index in [1.807, 2.05) is 32.0 Å². The van der Waals surface area contributed by atoms with Gasteiger partial charge in [-0.25, -0.2) is 4.39 Å². The van der Waals surface area contributed by atoms with Gasteiger partial charge in [0.1, 0.15) is 24.3 Å². The molecular weight excluding hydrogens is 323 g/mol. The molecule has 134 valence electrons. The molecule has 0 saturated heterocycles. The Morgan fingerprint density at radius 3 is 2.44 bits per heavy atom. The van der Waals surface area contributed by atoms with E-state index in [0.717, 1.165) is 16.8 Å². The highest BCUT2D eigenvalue weighted by Gasteiger charge is 2.09. The van der Waals surface area contributed by atoms with Crippen molar-refractivity contribution in [3.8, 4) is 5.75 Å². The zero-order valence-corrected chi connectivity index (χ0v) is 14.4. The van der Waals surface area contributed by atoms with Crippen LogP contribution < -0.4 is 15.4 Å². The van der Waals surface area contributed by atoms with Crippen molar-refractivity contribution < 1.29 is 19.0 Å². The zero-order chi connectivity index (χ0) is 18.2. The number of benzene rings is 2. The van der Waals surface area contributed by atoms with Crippen LogP contribution in [0.2, 0.25) is 0 Å². The summed E-state index contributed by atoms with van der Waals surface area (Å²) in [6.45, 7) is 4.16. The number of aryl methyl sites for hydroxylation is 2. The number of hydrogen-bond donors (Lipinski definition) is 3. The fraction of sp³-hybridized carbons (Fsp3) is 0.316. The van der Waals surface area contributed by atoms with E-state index < -0.39 is 6.10 Å². The third-order valence-electron chi connectivity index (χ3n) is 3.70. The first-order valence-corrected chi connectivity index (χ1v) is 8.09. The van der Waals surface area contributed by atoms with Crippen molar-refractivity contribution in [3.05, 3.63) is 59.4 Å². The second-order valence-electron chi connectivity index (χ2n) is 5.84. The molecule has 0 aliphatic heterocycles. The molecule has 25 heavy (non-hydrogen) atoms. The summed E-state index contributed by atoms with van der Waals surface area (Å²) in [7, 11) is 0. The minimum absolute atomic E-state index is 0.0102. The summed E-state index contributed by atoms with van der Waals surface area (Å²) in [6, 6.07) is 11.4. The number of halogens is 1. The lowest BCUT2D eigenvalue weighted by atomic mass is 10.1. The zero-order valence-electron chi connectivity index (χ0n) is 14.4. The molecule has 6 heteroatoms. The van der Waals surface area contributed by atoms with E-state index in [0.29, 0.717) is 5.75 Å². The van der Waals surface area contributed by atoms with Crippen molar-refractivity contribution in [3.63, 3.8) is 0 Å². The highest BCUT2D eigenvalue weighted by atomic mass is 19.1. The van der Waals surface area contributed by atoms with E-state index in [1.54, 1.807) is 0 Å². The van der Waals surface area contributed by atoms with E-state index in [2.05, 4.69) is 10.6 Å². The van der Waals surface area contributed by atoms with Crippen molar-refractivity contribution in [2.45, 2.75) is 20.0 Å². The number of carbonyl (C=O) groups is 1. The van der Waals surface area contributed by atoms with Gasteiger partial charge in [-0.05, 0) is 49.2 Å². The number of nitrogens with one attached hydrogen (secondary N) is 2. The summed E-state index contributed by atoms with van der Waals surface area (Å²) in [4.78, 5) is 11.9. The molecule has 0 aliphatic carbocycles. The van der Waals surface area contributed by atoms with Crippen molar-refractivity contribution in [2.75, 3.05) is 25.0 Å². The van der Waals surface area contributed by atoms with Gasteiger partial charge in [0.25, 0.3) is 0 Å². The third-order valence-corrected chi connectivity index (χ3v) is 3.70. The average Bonchev–Trinajstić information content (AvgIpc) is 2.59. The second kappa shape index (κ2) is 9.03. The van der Waals surface area contributed by atoms with Gasteiger partial charge in [0.2, 0.25) is 5.91 Å². The molecule has 3 N–H and O–H groups in total. The minimum atomic E-state index is -0.853. The molecule has 0 bridgehead atoms. The molecule has 1 unspecified atom stereocenters. The number of anilines is 1. The normalized spacial score (nSPS) is 11.7. The third kappa shape index (κ3) is 6.08. The van der Waals surface area contributed by atoms with Crippen LogP contribution in [-0.4, -0.2) is 36.8 Å². The Morgan fingerprint density at radius 1 is 1.16 bits per heavy atom. The lowest BCUT2D eigenvalue weighted by molar-refractivity contribution is -0.119. The van der Waals surface area contributed by atoms with Crippen LogP contribution in [0.25, 0.3) is 0 Å². The Morgan fingerprint density at radius 2 is 1.80 bits per heavy atom. The van der Waals surface area contributed by atoms with Gasteiger partial charge >= 0.3 is 0 Å². The molecule has 0 heterocycles. The van der Waals surface area contributed by atoms with Crippen molar-refractivity contribution in [1.82, 2.24) is 5.32 Å². The maximum atomic E-state index is 12.8. The molecular formula is C19H23FN2O3. The van der Waals surface area contributed by atoms with Crippen LogP contribution in [-0.2, 0) is 4.79 Å². The first-order chi connectivity index (χ1) is 12.0. The van der Waals surface area contributed by atoms with Crippen LogP contribution >= 0.6 is 0 Å². The fourth-order valence-electron chi connectivity index (χ4n) is 2.34. The number of aliphatic hydroxyl groups is 1. The molecule has 0 radical (unpaired) electrons. The maximum absolute atomic E-state index is 12.8. The van der Waals surface area contributed by atoms with E-state index in [1.165, 1.54) is 24.3 Å². The summed E-state index contributed by atoms with van der Waals surface area (Å²) in [6.07, 6.45) is -0.853. The van der Waals surface area contributed by atoms with Gasteiger partial charge in [0, 0.05) is 12.2 Å². The van der Waals surface area contributed by atoms with Crippen LogP contribution in [0.5, 0.6) is 5.75 Å². The number of rotatable bonds is 8. The number of para-hydroxylation sites is 1. The van der Waals surface area contributed by atoms with Crippen LogP contribution in [0.15, 0.2) is 42.5 Å². The SMILES string of the molecule is Cc1cccc(C)c1NCC(=O)NCC(O)COc1ccc(F)cc1. The standard InChI is InChI=1S/C19H23FN2O3/c1-13-4-3-5-14(2)19(13)22-11-18(24)21-10-16(23)12-25-17-8-6-15(20)7-9-17/h3-9,16,22-23H,10-12H2,1-2H3,(H,21,24). The van der Waals surface area contributed by atoms with Crippen molar-refractivity contribution in [2.24, 2.45) is 0 Å². The van der Waals surface area contributed by atoms with Gasteiger partial charge < -0.3 is 20.5 Å². The van der Waals surface area contributed by atoms with Gasteiger partial charge in [0.05, 0.1) is 6.54 Å². The Labute approximate surface area is 146 Å². The molecule has 0 spiro atoms. The van der Waals surface area contributed by atoms with E-state index >= 15 is 0 Å². The van der Waals surface area contributed by atoms with Crippen LogP contribution in [0.4, 0.5) is 10.1 Å². The highest BCUT2D eigenvalue weighted by Crippen LogP contribution is 2.18. The fourth-order valence-corrected chi connectivity index (χ4v) is 2.34. The number of amides is 1. The second-order valence-corrected chi connectivity index (χ2v) is 5.84. The minimum Gasteiger partial charge on any atom is -0.491 e. The Kier molecular flexibility index (Phi) is 6.77. The summed E-state index contributed by atoms with van der Waals surface area (Å²) < 4.78 is 18.1. The smallest absolute Gasteiger partial charge is 0.239 e. The predicted octanol–water partition coefficient (Wildman–Crippen LogP) is 2.41. The van der Waals surface area contributed by atoms with E-state index in [-0.39, 0.29) is 31.4 Å². The van der Waals surface area contributed by atoms with Crippen LogP contribution in [0.3, 0.4) is 0 Å². The van der Waals surface area contributed by atoms with Gasteiger partial charge in [-0.3, -0.25) is 4.79 Å². The molecule has 5 nitrogen and oxygen atoms in total. The molecule has 0 saturated carbocycles. The van der Waals surface area contributed by atoms with E-state index in [9.17, 15) is 14.3 Å². The van der Waals surface area contributed by atoms with E-state index in [4.69, 9.17) is 4.74 Å². The molecule has 2 aromatic rings. The quantitative estimate of drug-likeness (QED) is 0.686. The summed E-state index contributed by atoms with van der Waals surface area (Å²) in [5.41, 5.74) is 3.08. The monoisotopic (exact) mass is 346 g/mol. The molecule has 0 fully saturated rings. The summed E-state index contributed by atoms with van der Waals surface area (Å²) in [5.74, 6) is -0.108. The first kappa shape index (κ1) is 18.7. The van der Waals surface area contributed by atoms with Crippen LogP contribution in [0, 0.1) is 19.7 Å². The lowest BCUT2D eigenvalue weighted by Gasteiger charge is -2.15. The van der Waals surface area contributed by atoms with Crippen molar-refractivity contribution >= 4 is 11.6 Å². The average molecular weight is 346 g/mol. The molecule has 0 aromatic heterocycles. The highest BCUT2D eigenvalue weighted by molar-refractivity contribution is 5.81. The largest absolute Gasteiger partial charge is 0.491 e. The lowest BCUT2D eigenvalue weighted by Crippen LogP contribution is -2.38. The predicted molar refractivity (Wildman–Crippen MR) is 95.3 cm³/mol. The number of aliphatic hydroxyl groups excluding tert-OH is 1. The van der Waals surface area contributed by atoms with Gasteiger partial charge in [0.15, 0.2) is 0 Å². The Hall–Kier alpha value is -2.60. The first-order valence-electron chi connectivity index (χ1n) is 8.09. The Balaban J connectivity index is 1.69. The van der Waals surface area contributed by atoms with Crippen LogP contribution in [0.1, 0.15) is 11.1 Å². The molecule has 1 amide bonds. The number of carbonyl (C=O) groups excluding carboxylic acids is 1. The Bertz CT molecular complexity index is 684. The van der Waals surface area contributed by atoms with Gasteiger partial charge in [-0.15, -0.1) is 0 Å².